The molecular weight excluding hydrogens is 370 g/mol. The van der Waals surface area contributed by atoms with Crippen LogP contribution in [0.2, 0.25) is 0 Å². The molecule has 29 heavy (non-hydrogen) atoms. The van der Waals surface area contributed by atoms with E-state index < -0.39 is 0 Å². The molecule has 150 valence electrons. The summed E-state index contributed by atoms with van der Waals surface area (Å²) in [5.74, 6) is 0.907. The highest BCUT2D eigenvalue weighted by atomic mass is 16.5. The zero-order valence-electron chi connectivity index (χ0n) is 16.4. The molecule has 1 amide bonds. The Morgan fingerprint density at radius 2 is 1.72 bits per heavy atom. The first-order valence-corrected chi connectivity index (χ1v) is 9.57. The van der Waals surface area contributed by atoms with E-state index in [0.29, 0.717) is 35.6 Å². The minimum absolute atomic E-state index is 0.0272. The molecule has 0 saturated heterocycles. The van der Waals surface area contributed by atoms with E-state index in [-0.39, 0.29) is 35.7 Å². The van der Waals surface area contributed by atoms with E-state index >= 15 is 0 Å². The Labute approximate surface area is 169 Å². The summed E-state index contributed by atoms with van der Waals surface area (Å²) in [6.07, 6.45) is 1.13. The van der Waals surface area contributed by atoms with Crippen molar-refractivity contribution in [1.29, 1.82) is 0 Å². The van der Waals surface area contributed by atoms with Crippen molar-refractivity contribution in [2.24, 2.45) is 0 Å². The summed E-state index contributed by atoms with van der Waals surface area (Å²) in [7, 11) is 3.16. The van der Waals surface area contributed by atoms with E-state index in [4.69, 9.17) is 9.47 Å². The van der Waals surface area contributed by atoms with Gasteiger partial charge in [0.25, 0.3) is 0 Å². The second kappa shape index (κ2) is 7.62. The first kappa shape index (κ1) is 19.1. The number of hydrogen-bond acceptors (Lipinski definition) is 5. The number of carbonyl (C=O) groups is 2. The smallest absolute Gasteiger partial charge is 0.225 e. The molecule has 0 radical (unpaired) electrons. The molecule has 1 aliphatic carbocycles. The fraction of sp³-hybridized carbons (Fsp3) is 0.304. The summed E-state index contributed by atoms with van der Waals surface area (Å²) in [6, 6.07) is 12.4. The van der Waals surface area contributed by atoms with Gasteiger partial charge >= 0.3 is 0 Å². The van der Waals surface area contributed by atoms with E-state index in [2.05, 4.69) is 5.32 Å². The van der Waals surface area contributed by atoms with E-state index in [1.54, 1.807) is 32.4 Å². The summed E-state index contributed by atoms with van der Waals surface area (Å²) < 4.78 is 10.7. The number of ether oxygens (including phenoxy) is 2. The average Bonchev–Trinajstić information content (AvgIpc) is 2.72. The normalized spacial score (nSPS) is 21.4. The highest BCUT2D eigenvalue weighted by Gasteiger charge is 2.38. The van der Waals surface area contributed by atoms with E-state index in [0.717, 1.165) is 11.1 Å². The molecule has 0 fully saturated rings. The predicted octanol–water partition coefficient (Wildman–Crippen LogP) is 3.41. The summed E-state index contributed by atoms with van der Waals surface area (Å²) in [4.78, 5) is 25.5. The molecule has 6 heteroatoms. The molecule has 6 nitrogen and oxygen atoms in total. The van der Waals surface area contributed by atoms with E-state index in [1.165, 1.54) is 0 Å². The lowest BCUT2D eigenvalue weighted by molar-refractivity contribution is -0.122. The average molecular weight is 393 g/mol. The predicted molar refractivity (Wildman–Crippen MR) is 107 cm³/mol. The van der Waals surface area contributed by atoms with Crippen molar-refractivity contribution < 1.29 is 24.2 Å². The van der Waals surface area contributed by atoms with Gasteiger partial charge in [0.1, 0.15) is 5.75 Å². The zero-order valence-corrected chi connectivity index (χ0v) is 16.4. The van der Waals surface area contributed by atoms with Gasteiger partial charge in [-0.05, 0) is 47.7 Å². The topological polar surface area (TPSA) is 84.9 Å². The van der Waals surface area contributed by atoms with Gasteiger partial charge in [-0.1, -0.05) is 18.2 Å². The van der Waals surface area contributed by atoms with Crippen molar-refractivity contribution in [2.75, 3.05) is 14.2 Å². The third kappa shape index (κ3) is 3.58. The standard InChI is InChI=1S/C23H23NO5/c1-28-20-7-6-13(11-21(20)29-2)15-9-18-23(19(26)10-15)17(12-22(27)24-18)14-4-3-5-16(25)8-14/h3-8,11,15,17,25H,9-10,12H2,1-2H3,(H,24,27)/t15-,17+/m0/s1. The van der Waals surface area contributed by atoms with Crippen molar-refractivity contribution in [3.8, 4) is 17.2 Å². The van der Waals surface area contributed by atoms with Crippen LogP contribution in [-0.4, -0.2) is 31.0 Å². The number of allylic oxidation sites excluding steroid dienone is 2. The summed E-state index contributed by atoms with van der Waals surface area (Å²) in [6.45, 7) is 0. The molecule has 0 spiro atoms. The zero-order chi connectivity index (χ0) is 20.5. The largest absolute Gasteiger partial charge is 0.508 e. The lowest BCUT2D eigenvalue weighted by Crippen LogP contribution is -2.38. The monoisotopic (exact) mass is 393 g/mol. The van der Waals surface area contributed by atoms with Crippen molar-refractivity contribution in [3.05, 3.63) is 64.9 Å². The molecule has 0 unspecified atom stereocenters. The molecule has 4 rings (SSSR count). The van der Waals surface area contributed by atoms with Crippen LogP contribution >= 0.6 is 0 Å². The summed E-state index contributed by atoms with van der Waals surface area (Å²) in [5.41, 5.74) is 3.10. The fourth-order valence-corrected chi connectivity index (χ4v) is 4.33. The van der Waals surface area contributed by atoms with Crippen LogP contribution < -0.4 is 14.8 Å². The van der Waals surface area contributed by atoms with Gasteiger partial charge in [-0.3, -0.25) is 9.59 Å². The van der Waals surface area contributed by atoms with Gasteiger partial charge in [0.2, 0.25) is 5.91 Å². The molecule has 2 N–H and O–H groups in total. The molecule has 0 bridgehead atoms. The van der Waals surface area contributed by atoms with Gasteiger partial charge in [0.05, 0.1) is 14.2 Å². The minimum atomic E-state index is -0.329. The Hall–Kier alpha value is -3.28. The van der Waals surface area contributed by atoms with Gasteiger partial charge in [-0.15, -0.1) is 0 Å². The molecule has 1 heterocycles. The van der Waals surface area contributed by atoms with Crippen LogP contribution in [0.4, 0.5) is 0 Å². The number of amides is 1. The Balaban J connectivity index is 1.70. The second-order valence-electron chi connectivity index (χ2n) is 7.43. The Morgan fingerprint density at radius 1 is 0.931 bits per heavy atom. The highest BCUT2D eigenvalue weighted by Crippen LogP contribution is 2.44. The number of rotatable bonds is 4. The number of aromatic hydroxyl groups is 1. The molecule has 0 saturated carbocycles. The first-order valence-electron chi connectivity index (χ1n) is 9.57. The fourth-order valence-electron chi connectivity index (χ4n) is 4.33. The maximum atomic E-state index is 13.1. The number of ketones is 1. The Bertz CT molecular complexity index is 1010. The highest BCUT2D eigenvalue weighted by molar-refractivity contribution is 6.02. The van der Waals surface area contributed by atoms with Gasteiger partial charge in [-0.2, -0.15) is 0 Å². The van der Waals surface area contributed by atoms with Crippen LogP contribution in [0.3, 0.4) is 0 Å². The maximum Gasteiger partial charge on any atom is 0.225 e. The number of Topliss-reactive ketones (excluding diaryl/α,β-unsaturated/α-hetero) is 1. The molecule has 2 aromatic carbocycles. The van der Waals surface area contributed by atoms with Crippen molar-refractivity contribution >= 4 is 11.7 Å². The Morgan fingerprint density at radius 3 is 2.45 bits per heavy atom. The van der Waals surface area contributed by atoms with Crippen LogP contribution in [0.1, 0.15) is 42.2 Å². The number of nitrogens with one attached hydrogen (secondary N) is 1. The molecule has 2 aromatic rings. The number of phenols is 1. The first-order chi connectivity index (χ1) is 14.0. The van der Waals surface area contributed by atoms with Crippen LogP contribution in [0, 0.1) is 0 Å². The van der Waals surface area contributed by atoms with Crippen LogP contribution in [0.25, 0.3) is 0 Å². The number of methoxy groups -OCH3 is 2. The van der Waals surface area contributed by atoms with E-state index in [1.807, 2.05) is 24.3 Å². The molecule has 2 atom stereocenters. The summed E-state index contributed by atoms with van der Waals surface area (Å²) in [5, 5.41) is 12.7. The number of carbonyl (C=O) groups excluding carboxylic acids is 2. The third-order valence-corrected chi connectivity index (χ3v) is 5.69. The van der Waals surface area contributed by atoms with Crippen LogP contribution in [0.15, 0.2) is 53.7 Å². The summed E-state index contributed by atoms with van der Waals surface area (Å²) >= 11 is 0. The SMILES string of the molecule is COc1ccc([C@@H]2CC(=O)C3=C(C2)NC(=O)C[C@@H]3c2cccc(O)c2)cc1OC. The minimum Gasteiger partial charge on any atom is -0.508 e. The molecule has 1 aliphatic heterocycles. The third-order valence-electron chi connectivity index (χ3n) is 5.69. The van der Waals surface area contributed by atoms with E-state index in [9.17, 15) is 14.7 Å². The van der Waals surface area contributed by atoms with Gasteiger partial charge < -0.3 is 19.9 Å². The number of phenolic OH excluding ortho intramolecular Hbond substituents is 1. The van der Waals surface area contributed by atoms with Gasteiger partial charge in [0, 0.05) is 30.0 Å². The van der Waals surface area contributed by atoms with Crippen LogP contribution in [-0.2, 0) is 9.59 Å². The van der Waals surface area contributed by atoms with Crippen LogP contribution in [0.5, 0.6) is 17.2 Å². The number of benzene rings is 2. The molecule has 2 aliphatic rings. The van der Waals surface area contributed by atoms with Gasteiger partial charge in [0.15, 0.2) is 17.3 Å². The lowest BCUT2D eigenvalue weighted by Gasteiger charge is -2.34. The lowest BCUT2D eigenvalue weighted by atomic mass is 9.73. The maximum absolute atomic E-state index is 13.1. The molecule has 0 aromatic heterocycles. The van der Waals surface area contributed by atoms with Crippen molar-refractivity contribution in [3.63, 3.8) is 0 Å². The van der Waals surface area contributed by atoms with Crippen molar-refractivity contribution in [1.82, 2.24) is 5.32 Å². The Kier molecular flexibility index (Phi) is 5.01. The quantitative estimate of drug-likeness (QED) is 0.832. The van der Waals surface area contributed by atoms with Crippen molar-refractivity contribution in [2.45, 2.75) is 31.1 Å². The molecular formula is C23H23NO5. The second-order valence-corrected chi connectivity index (χ2v) is 7.43. The van der Waals surface area contributed by atoms with Gasteiger partial charge in [-0.25, -0.2) is 0 Å². The number of hydrogen-bond donors (Lipinski definition) is 2.